The molecule has 0 fully saturated rings. The number of fused-ring (bicyclic) bond motifs is 1. The van der Waals surface area contributed by atoms with Crippen molar-refractivity contribution in [3.05, 3.63) is 28.8 Å². The molecule has 2 rings (SSSR count). The van der Waals surface area contributed by atoms with E-state index in [2.05, 4.69) is 0 Å². The number of methoxy groups -OCH3 is 1. The van der Waals surface area contributed by atoms with Crippen molar-refractivity contribution in [2.75, 3.05) is 7.11 Å². The van der Waals surface area contributed by atoms with Gasteiger partial charge in [0.1, 0.15) is 5.75 Å². The van der Waals surface area contributed by atoms with Crippen LogP contribution in [0.15, 0.2) is 12.1 Å². The normalized spacial score (nSPS) is 22.7. The number of rotatable bonds is 2. The maximum absolute atomic E-state index is 13.0. The van der Waals surface area contributed by atoms with Crippen LogP contribution < -0.4 is 4.74 Å². The van der Waals surface area contributed by atoms with Crippen molar-refractivity contribution in [3.8, 4) is 5.75 Å². The second-order valence-electron chi connectivity index (χ2n) is 4.19. The van der Waals surface area contributed by atoms with Gasteiger partial charge in [-0.3, -0.25) is 4.79 Å². The van der Waals surface area contributed by atoms with Gasteiger partial charge in [0, 0.05) is 0 Å². The third kappa shape index (κ3) is 1.68. The Balaban J connectivity index is 2.61. The minimum Gasteiger partial charge on any atom is -0.496 e. The molecule has 0 spiro atoms. The number of alkyl halides is 3. The summed E-state index contributed by atoms with van der Waals surface area (Å²) in [6, 6.07) is 2.59. The van der Waals surface area contributed by atoms with Crippen LogP contribution in [-0.4, -0.2) is 19.6 Å². The lowest BCUT2D eigenvalue weighted by molar-refractivity contribution is -0.272. The Hall–Kier alpha value is -1.56. The Morgan fingerprint density at radius 3 is 2.61 bits per heavy atom. The SMILES string of the molecule is COc1cc2c(cc1C=O)[C@](C)(C(F)(F)F)OC2. The molecule has 0 unspecified atom stereocenters. The number of carbonyl (C=O) groups is 1. The molecule has 1 aromatic carbocycles. The van der Waals surface area contributed by atoms with E-state index in [-0.39, 0.29) is 23.5 Å². The molecule has 6 heteroatoms. The van der Waals surface area contributed by atoms with E-state index in [9.17, 15) is 18.0 Å². The summed E-state index contributed by atoms with van der Waals surface area (Å²) >= 11 is 0. The molecule has 1 aromatic rings. The van der Waals surface area contributed by atoms with E-state index in [4.69, 9.17) is 9.47 Å². The number of aldehydes is 1. The molecule has 0 aliphatic carbocycles. The number of halogens is 3. The van der Waals surface area contributed by atoms with Crippen molar-refractivity contribution in [3.63, 3.8) is 0 Å². The Bertz CT molecular complexity index is 496. The standard InChI is InChI=1S/C12H11F3O3/c1-11(12(13,14)15)9-3-7(5-16)10(17-2)4-8(9)6-18-11/h3-5H,6H2,1-2H3/t11-/m1/s1. The predicted octanol–water partition coefficient (Wildman–Crippen LogP) is 2.82. The summed E-state index contributed by atoms with van der Waals surface area (Å²) < 4.78 is 48.8. The first-order valence-corrected chi connectivity index (χ1v) is 5.20. The zero-order chi connectivity index (χ0) is 13.6. The van der Waals surface area contributed by atoms with Gasteiger partial charge in [0.15, 0.2) is 11.9 Å². The lowest BCUT2D eigenvalue weighted by Crippen LogP contribution is -2.39. The highest BCUT2D eigenvalue weighted by atomic mass is 19.4. The van der Waals surface area contributed by atoms with Crippen molar-refractivity contribution in [2.24, 2.45) is 0 Å². The quantitative estimate of drug-likeness (QED) is 0.767. The van der Waals surface area contributed by atoms with Gasteiger partial charge >= 0.3 is 6.18 Å². The molecule has 1 heterocycles. The van der Waals surface area contributed by atoms with Gasteiger partial charge in [-0.1, -0.05) is 0 Å². The summed E-state index contributed by atoms with van der Waals surface area (Å²) in [7, 11) is 1.35. The maximum atomic E-state index is 13.0. The maximum Gasteiger partial charge on any atom is 0.421 e. The van der Waals surface area contributed by atoms with Crippen molar-refractivity contribution in [1.29, 1.82) is 0 Å². The van der Waals surface area contributed by atoms with Crippen LogP contribution in [0.5, 0.6) is 5.75 Å². The summed E-state index contributed by atoms with van der Waals surface area (Å²) in [6.45, 7) is 0.806. The van der Waals surface area contributed by atoms with Gasteiger partial charge in [0.05, 0.1) is 19.3 Å². The van der Waals surface area contributed by atoms with E-state index in [1.165, 1.54) is 19.2 Å². The molecule has 3 nitrogen and oxygen atoms in total. The highest BCUT2D eigenvalue weighted by molar-refractivity contribution is 5.80. The Kier molecular flexibility index (Phi) is 2.85. The van der Waals surface area contributed by atoms with E-state index in [0.717, 1.165) is 6.92 Å². The van der Waals surface area contributed by atoms with E-state index in [0.29, 0.717) is 11.8 Å². The van der Waals surface area contributed by atoms with Crippen molar-refractivity contribution in [2.45, 2.75) is 25.3 Å². The number of benzene rings is 1. The molecule has 0 radical (unpaired) electrons. The smallest absolute Gasteiger partial charge is 0.421 e. The van der Waals surface area contributed by atoms with Gasteiger partial charge in [-0.25, -0.2) is 0 Å². The molecule has 0 aromatic heterocycles. The largest absolute Gasteiger partial charge is 0.496 e. The van der Waals surface area contributed by atoms with E-state index in [1.807, 2.05) is 0 Å². The topological polar surface area (TPSA) is 35.5 Å². The molecule has 1 atom stereocenters. The lowest BCUT2D eigenvalue weighted by Gasteiger charge is -2.27. The Labute approximate surface area is 102 Å². The molecule has 1 aliphatic rings. The molecule has 0 bridgehead atoms. The molecular weight excluding hydrogens is 249 g/mol. The molecule has 98 valence electrons. The minimum atomic E-state index is -4.53. The number of carbonyl (C=O) groups excluding carboxylic acids is 1. The fraction of sp³-hybridized carbons (Fsp3) is 0.417. The first-order valence-electron chi connectivity index (χ1n) is 5.20. The molecule has 1 aliphatic heterocycles. The molecule has 18 heavy (non-hydrogen) atoms. The zero-order valence-electron chi connectivity index (χ0n) is 9.80. The van der Waals surface area contributed by atoms with Gasteiger partial charge in [-0.15, -0.1) is 0 Å². The Morgan fingerprint density at radius 2 is 2.11 bits per heavy atom. The fourth-order valence-corrected chi connectivity index (χ4v) is 2.01. The molecule has 0 amide bonds. The lowest BCUT2D eigenvalue weighted by atomic mass is 9.91. The third-order valence-corrected chi connectivity index (χ3v) is 3.15. The first-order chi connectivity index (χ1) is 8.33. The third-order valence-electron chi connectivity index (χ3n) is 3.15. The van der Waals surface area contributed by atoms with Crippen LogP contribution in [-0.2, 0) is 16.9 Å². The highest BCUT2D eigenvalue weighted by Crippen LogP contribution is 2.48. The number of hydrogen-bond acceptors (Lipinski definition) is 3. The zero-order valence-corrected chi connectivity index (χ0v) is 9.80. The number of hydrogen-bond donors (Lipinski definition) is 0. The van der Waals surface area contributed by atoms with Gasteiger partial charge < -0.3 is 9.47 Å². The summed E-state index contributed by atoms with van der Waals surface area (Å²) in [5.41, 5.74) is -1.93. The van der Waals surface area contributed by atoms with Gasteiger partial charge in [-0.05, 0) is 30.2 Å². The van der Waals surface area contributed by atoms with Crippen molar-refractivity contribution >= 4 is 6.29 Å². The van der Waals surface area contributed by atoms with Crippen LogP contribution in [0, 0.1) is 0 Å². The van der Waals surface area contributed by atoms with Crippen molar-refractivity contribution in [1.82, 2.24) is 0 Å². The molecule has 0 saturated heterocycles. The fourth-order valence-electron chi connectivity index (χ4n) is 2.01. The number of ether oxygens (including phenoxy) is 2. The predicted molar refractivity (Wildman–Crippen MR) is 56.6 cm³/mol. The van der Waals surface area contributed by atoms with Crippen LogP contribution in [0.2, 0.25) is 0 Å². The van der Waals surface area contributed by atoms with Crippen LogP contribution in [0.4, 0.5) is 13.2 Å². The van der Waals surface area contributed by atoms with E-state index >= 15 is 0 Å². The Morgan fingerprint density at radius 1 is 1.44 bits per heavy atom. The summed E-state index contributed by atoms with van der Waals surface area (Å²) in [6.07, 6.45) is -4.07. The van der Waals surface area contributed by atoms with Gasteiger partial charge in [0.25, 0.3) is 0 Å². The summed E-state index contributed by atoms with van der Waals surface area (Å²) in [5.74, 6) is 0.249. The van der Waals surface area contributed by atoms with Crippen molar-refractivity contribution < 1.29 is 27.4 Å². The second kappa shape index (κ2) is 3.98. The van der Waals surface area contributed by atoms with Crippen LogP contribution in [0.1, 0.15) is 28.4 Å². The van der Waals surface area contributed by atoms with Crippen LogP contribution in [0.3, 0.4) is 0 Å². The minimum absolute atomic E-state index is 0.0297. The van der Waals surface area contributed by atoms with Gasteiger partial charge in [-0.2, -0.15) is 13.2 Å². The average molecular weight is 260 g/mol. The van der Waals surface area contributed by atoms with Crippen LogP contribution in [0.25, 0.3) is 0 Å². The van der Waals surface area contributed by atoms with Crippen LogP contribution >= 0.6 is 0 Å². The second-order valence-corrected chi connectivity index (χ2v) is 4.19. The molecular formula is C12H11F3O3. The summed E-state index contributed by atoms with van der Waals surface area (Å²) in [4.78, 5) is 10.8. The summed E-state index contributed by atoms with van der Waals surface area (Å²) in [5, 5.41) is 0. The van der Waals surface area contributed by atoms with Gasteiger partial charge in [0.2, 0.25) is 0 Å². The first kappa shape index (κ1) is 12.9. The highest BCUT2D eigenvalue weighted by Gasteiger charge is 2.57. The molecule has 0 N–H and O–H groups in total. The van der Waals surface area contributed by atoms with E-state index < -0.39 is 11.8 Å². The molecule has 0 saturated carbocycles. The monoisotopic (exact) mass is 260 g/mol. The average Bonchev–Trinajstić information content (AvgIpc) is 2.65. The van der Waals surface area contributed by atoms with E-state index in [1.54, 1.807) is 0 Å².